The van der Waals surface area contributed by atoms with Crippen molar-refractivity contribution in [2.45, 2.75) is 118 Å². The molecule has 30 heavy (non-hydrogen) atoms. The Morgan fingerprint density at radius 2 is 1.53 bits per heavy atom. The van der Waals surface area contributed by atoms with Crippen LogP contribution in [0.25, 0.3) is 0 Å². The third-order valence-corrected chi connectivity index (χ3v) is 12.2. The largest absolute Gasteiger partial charge is 0.393 e. The smallest absolute Gasteiger partial charge is 0.0605 e. The standard InChI is InChI=1S/C28H50O2/c1-8-19-23-16-18(29)12-14-28(23,7)22-13-15-27(6)20(17(3)26(4,5)9-2)10-11-21(27)24(22)25(19)30/h17-25,29-30H,8-16H2,1-7H3/t17-,18+,19+,20?,21?,22?,23-,24?,25+,27+,28+/m0/s1. The molecule has 0 saturated heterocycles. The van der Waals surface area contributed by atoms with Crippen LogP contribution in [0.2, 0.25) is 0 Å². The van der Waals surface area contributed by atoms with Crippen molar-refractivity contribution in [1.29, 1.82) is 0 Å². The minimum Gasteiger partial charge on any atom is -0.393 e. The first kappa shape index (κ1) is 23.1. The molecule has 0 bridgehead atoms. The fourth-order valence-corrected chi connectivity index (χ4v) is 9.69. The Kier molecular flexibility index (Phi) is 5.97. The van der Waals surface area contributed by atoms with E-state index < -0.39 is 0 Å². The summed E-state index contributed by atoms with van der Waals surface area (Å²) in [6.07, 6.45) is 10.4. The van der Waals surface area contributed by atoms with Crippen LogP contribution in [0.3, 0.4) is 0 Å². The van der Waals surface area contributed by atoms with Gasteiger partial charge in [-0.05, 0) is 103 Å². The van der Waals surface area contributed by atoms with E-state index in [2.05, 4.69) is 48.5 Å². The summed E-state index contributed by atoms with van der Waals surface area (Å²) in [5.41, 5.74) is 1.11. The van der Waals surface area contributed by atoms with Gasteiger partial charge in [-0.15, -0.1) is 0 Å². The molecule has 4 rings (SSSR count). The van der Waals surface area contributed by atoms with Crippen molar-refractivity contribution in [2.24, 2.45) is 57.7 Å². The van der Waals surface area contributed by atoms with Crippen molar-refractivity contribution in [3.63, 3.8) is 0 Å². The molecule has 0 amide bonds. The van der Waals surface area contributed by atoms with Crippen LogP contribution in [-0.2, 0) is 0 Å². The highest BCUT2D eigenvalue weighted by atomic mass is 16.3. The quantitative estimate of drug-likeness (QED) is 0.534. The van der Waals surface area contributed by atoms with Gasteiger partial charge in [0, 0.05) is 0 Å². The van der Waals surface area contributed by atoms with Crippen molar-refractivity contribution in [3.05, 3.63) is 0 Å². The first-order valence-electron chi connectivity index (χ1n) is 13.4. The Morgan fingerprint density at radius 1 is 0.900 bits per heavy atom. The van der Waals surface area contributed by atoms with E-state index in [1.54, 1.807) is 0 Å². The van der Waals surface area contributed by atoms with Gasteiger partial charge in [-0.3, -0.25) is 0 Å². The summed E-state index contributed by atoms with van der Waals surface area (Å²) in [6.45, 7) is 17.3. The average molecular weight is 419 g/mol. The van der Waals surface area contributed by atoms with Crippen molar-refractivity contribution in [1.82, 2.24) is 0 Å². The monoisotopic (exact) mass is 418 g/mol. The van der Waals surface area contributed by atoms with Gasteiger partial charge in [0.1, 0.15) is 0 Å². The zero-order valence-electron chi connectivity index (χ0n) is 21.0. The van der Waals surface area contributed by atoms with Gasteiger partial charge < -0.3 is 10.2 Å². The lowest BCUT2D eigenvalue weighted by molar-refractivity contribution is -0.204. The predicted octanol–water partition coefficient (Wildman–Crippen LogP) is 6.69. The van der Waals surface area contributed by atoms with Gasteiger partial charge in [0.05, 0.1) is 12.2 Å². The molecular formula is C28H50O2. The number of rotatable bonds is 4. The van der Waals surface area contributed by atoms with Crippen LogP contribution in [0.4, 0.5) is 0 Å². The second-order valence-corrected chi connectivity index (χ2v) is 13.3. The Bertz CT molecular complexity index is 628. The third kappa shape index (κ3) is 3.17. The first-order valence-corrected chi connectivity index (χ1v) is 13.4. The molecule has 4 aliphatic carbocycles. The summed E-state index contributed by atoms with van der Waals surface area (Å²) >= 11 is 0. The maximum Gasteiger partial charge on any atom is 0.0605 e. The molecule has 0 aromatic heterocycles. The van der Waals surface area contributed by atoms with Crippen LogP contribution < -0.4 is 0 Å². The Hall–Kier alpha value is -0.0800. The van der Waals surface area contributed by atoms with E-state index in [0.717, 1.165) is 37.5 Å². The molecule has 4 aliphatic rings. The van der Waals surface area contributed by atoms with E-state index in [0.29, 0.717) is 45.8 Å². The molecule has 2 N–H and O–H groups in total. The Balaban J connectivity index is 1.67. The van der Waals surface area contributed by atoms with Gasteiger partial charge in [-0.2, -0.15) is 0 Å². The van der Waals surface area contributed by atoms with Gasteiger partial charge in [0.2, 0.25) is 0 Å². The fraction of sp³-hybridized carbons (Fsp3) is 1.00. The maximum absolute atomic E-state index is 11.8. The van der Waals surface area contributed by atoms with Crippen molar-refractivity contribution in [3.8, 4) is 0 Å². The zero-order chi connectivity index (χ0) is 22.1. The van der Waals surface area contributed by atoms with Crippen molar-refractivity contribution in [2.75, 3.05) is 0 Å². The summed E-state index contributed by atoms with van der Waals surface area (Å²) in [5.74, 6) is 4.23. The molecule has 174 valence electrons. The van der Waals surface area contributed by atoms with Gasteiger partial charge in [-0.25, -0.2) is 0 Å². The molecule has 0 aromatic rings. The van der Waals surface area contributed by atoms with Crippen LogP contribution >= 0.6 is 0 Å². The Morgan fingerprint density at radius 3 is 2.17 bits per heavy atom. The lowest BCUT2D eigenvalue weighted by Crippen LogP contribution is -2.62. The molecule has 0 spiro atoms. The van der Waals surface area contributed by atoms with Crippen LogP contribution in [0, 0.1) is 57.7 Å². The van der Waals surface area contributed by atoms with Crippen LogP contribution in [0.15, 0.2) is 0 Å². The highest BCUT2D eigenvalue weighted by Crippen LogP contribution is 2.70. The zero-order valence-corrected chi connectivity index (χ0v) is 21.0. The molecule has 4 unspecified atom stereocenters. The van der Waals surface area contributed by atoms with E-state index in [9.17, 15) is 10.2 Å². The topological polar surface area (TPSA) is 40.5 Å². The second-order valence-electron chi connectivity index (χ2n) is 13.3. The highest BCUT2D eigenvalue weighted by Gasteiger charge is 2.65. The van der Waals surface area contributed by atoms with E-state index in [1.807, 2.05) is 0 Å². The Labute approximate surface area is 186 Å². The summed E-state index contributed by atoms with van der Waals surface area (Å²) < 4.78 is 0. The summed E-state index contributed by atoms with van der Waals surface area (Å²) in [5, 5.41) is 22.3. The lowest BCUT2D eigenvalue weighted by atomic mass is 9.41. The molecule has 0 aromatic carbocycles. The molecule has 0 radical (unpaired) electrons. The van der Waals surface area contributed by atoms with Crippen molar-refractivity contribution < 1.29 is 10.2 Å². The molecule has 11 atom stereocenters. The van der Waals surface area contributed by atoms with Crippen LogP contribution in [-0.4, -0.2) is 22.4 Å². The molecule has 2 heteroatoms. The van der Waals surface area contributed by atoms with Gasteiger partial charge >= 0.3 is 0 Å². The molecule has 2 nitrogen and oxygen atoms in total. The number of fused-ring (bicyclic) bond motifs is 5. The number of aliphatic hydroxyl groups is 2. The predicted molar refractivity (Wildman–Crippen MR) is 125 cm³/mol. The summed E-state index contributed by atoms with van der Waals surface area (Å²) in [4.78, 5) is 0. The average Bonchev–Trinajstić information content (AvgIpc) is 3.06. The van der Waals surface area contributed by atoms with Gasteiger partial charge in [0.25, 0.3) is 0 Å². The first-order chi connectivity index (χ1) is 14.0. The second kappa shape index (κ2) is 7.75. The van der Waals surface area contributed by atoms with E-state index >= 15 is 0 Å². The fourth-order valence-electron chi connectivity index (χ4n) is 9.69. The van der Waals surface area contributed by atoms with E-state index in [1.165, 1.54) is 32.1 Å². The lowest BCUT2D eigenvalue weighted by Gasteiger charge is -2.65. The molecule has 0 aliphatic heterocycles. The van der Waals surface area contributed by atoms with Crippen molar-refractivity contribution >= 4 is 0 Å². The summed E-state index contributed by atoms with van der Waals surface area (Å²) in [6, 6.07) is 0. The number of aliphatic hydroxyl groups excluding tert-OH is 2. The summed E-state index contributed by atoms with van der Waals surface area (Å²) in [7, 11) is 0. The van der Waals surface area contributed by atoms with Crippen LogP contribution in [0.5, 0.6) is 0 Å². The minimum absolute atomic E-state index is 0.150. The SMILES string of the molecule is CC[C@H]1[C@@H](O)C2C3CCC([C@H](C)C(C)(C)CC)[C@@]3(C)CCC2[C@@]2(C)CC[C@@H](O)C[C@@H]12. The highest BCUT2D eigenvalue weighted by molar-refractivity contribution is 5.14. The third-order valence-electron chi connectivity index (χ3n) is 12.2. The van der Waals surface area contributed by atoms with Gasteiger partial charge in [-0.1, -0.05) is 61.3 Å². The number of hydrogen-bond donors (Lipinski definition) is 2. The number of hydrogen-bond acceptors (Lipinski definition) is 2. The molecular weight excluding hydrogens is 368 g/mol. The van der Waals surface area contributed by atoms with Crippen LogP contribution in [0.1, 0.15) is 106 Å². The van der Waals surface area contributed by atoms with Gasteiger partial charge in [0.15, 0.2) is 0 Å². The molecule has 0 heterocycles. The van der Waals surface area contributed by atoms with E-state index in [4.69, 9.17) is 0 Å². The molecule has 4 fully saturated rings. The van der Waals surface area contributed by atoms with E-state index in [-0.39, 0.29) is 12.2 Å². The normalized spacial score (nSPS) is 52.3. The minimum atomic E-state index is -0.166. The molecule has 4 saturated carbocycles. The maximum atomic E-state index is 11.8.